The average Bonchev–Trinajstić information content (AvgIpc) is 2.74. The Balaban J connectivity index is 2.22. The lowest BCUT2D eigenvalue weighted by atomic mass is 9.92. The van der Waals surface area contributed by atoms with E-state index in [9.17, 15) is 4.79 Å². The highest BCUT2D eigenvalue weighted by Crippen LogP contribution is 2.32. The maximum Gasteiger partial charge on any atom is 0.238 e. The highest BCUT2D eigenvalue weighted by Gasteiger charge is 2.44. The second kappa shape index (κ2) is 4.34. The first-order valence-corrected chi connectivity index (χ1v) is 6.32. The summed E-state index contributed by atoms with van der Waals surface area (Å²) in [6.45, 7) is 5.56. The van der Waals surface area contributed by atoms with Crippen LogP contribution in [0.15, 0.2) is 0 Å². The molecule has 2 fully saturated rings. The van der Waals surface area contributed by atoms with Crippen molar-refractivity contribution in [1.29, 1.82) is 0 Å². The van der Waals surface area contributed by atoms with Gasteiger partial charge in [0.1, 0.15) is 6.04 Å². The summed E-state index contributed by atoms with van der Waals surface area (Å²) in [4.78, 5) is 14.2. The Labute approximate surface area is 97.6 Å². The van der Waals surface area contributed by atoms with Gasteiger partial charge in [0.2, 0.25) is 5.91 Å². The van der Waals surface area contributed by atoms with Crippen LogP contribution in [-0.2, 0) is 4.79 Å². The van der Waals surface area contributed by atoms with Crippen molar-refractivity contribution >= 4 is 5.91 Å². The summed E-state index contributed by atoms with van der Waals surface area (Å²) < 4.78 is 0. The molecule has 1 saturated heterocycles. The van der Waals surface area contributed by atoms with Gasteiger partial charge in [-0.3, -0.25) is 9.69 Å². The minimum atomic E-state index is -0.133. The van der Waals surface area contributed by atoms with E-state index in [0.717, 1.165) is 6.54 Å². The first kappa shape index (κ1) is 11.9. The van der Waals surface area contributed by atoms with E-state index in [2.05, 4.69) is 24.1 Å². The molecular formula is C12H23N3O. The molecule has 2 aliphatic rings. The summed E-state index contributed by atoms with van der Waals surface area (Å²) in [5.41, 5.74) is 5.80. The predicted octanol–water partition coefficient (Wildman–Crippen LogP) is 0.467. The van der Waals surface area contributed by atoms with E-state index in [1.165, 1.54) is 25.7 Å². The first-order chi connectivity index (χ1) is 7.56. The van der Waals surface area contributed by atoms with Gasteiger partial charge in [-0.05, 0) is 26.7 Å². The largest absolute Gasteiger partial charge is 0.353 e. The highest BCUT2D eigenvalue weighted by molar-refractivity contribution is 5.83. The molecule has 4 nitrogen and oxygen atoms in total. The van der Waals surface area contributed by atoms with Gasteiger partial charge in [-0.1, -0.05) is 12.8 Å². The van der Waals surface area contributed by atoms with Gasteiger partial charge in [-0.25, -0.2) is 0 Å². The third kappa shape index (κ3) is 1.96. The molecule has 0 aromatic heterocycles. The van der Waals surface area contributed by atoms with E-state index < -0.39 is 0 Å². The molecule has 4 heteroatoms. The van der Waals surface area contributed by atoms with Crippen molar-refractivity contribution in [3.8, 4) is 0 Å². The summed E-state index contributed by atoms with van der Waals surface area (Å²) in [5, 5.41) is 2.97. The molecule has 1 atom stereocenters. The van der Waals surface area contributed by atoms with E-state index in [-0.39, 0.29) is 17.5 Å². The normalized spacial score (nSPS) is 31.7. The fourth-order valence-corrected chi connectivity index (χ4v) is 3.21. The van der Waals surface area contributed by atoms with Crippen molar-refractivity contribution < 1.29 is 4.79 Å². The highest BCUT2D eigenvalue weighted by atomic mass is 16.2. The average molecular weight is 225 g/mol. The molecule has 16 heavy (non-hydrogen) atoms. The standard InChI is InChI=1S/C12H23N3O/c1-12(2)8-14-11(16)10(7-13)15(12)9-5-3-4-6-9/h9-10H,3-8,13H2,1-2H3,(H,14,16). The molecule has 1 saturated carbocycles. The van der Waals surface area contributed by atoms with Gasteiger partial charge in [0.05, 0.1) is 0 Å². The molecule has 0 radical (unpaired) electrons. The molecule has 92 valence electrons. The molecule has 0 spiro atoms. The SMILES string of the molecule is CC1(C)CNC(=O)C(CN)N1C1CCCC1. The third-order valence-corrected chi connectivity index (χ3v) is 3.97. The van der Waals surface area contributed by atoms with Crippen LogP contribution in [0, 0.1) is 0 Å². The van der Waals surface area contributed by atoms with E-state index in [0.29, 0.717) is 12.6 Å². The van der Waals surface area contributed by atoms with Crippen LogP contribution in [0.5, 0.6) is 0 Å². The monoisotopic (exact) mass is 225 g/mol. The fraction of sp³-hybridized carbons (Fsp3) is 0.917. The lowest BCUT2D eigenvalue weighted by Gasteiger charge is -2.50. The van der Waals surface area contributed by atoms with Gasteiger partial charge in [0.15, 0.2) is 0 Å². The Morgan fingerprint density at radius 3 is 2.62 bits per heavy atom. The molecule has 1 aliphatic carbocycles. The Bertz CT molecular complexity index is 271. The zero-order valence-electron chi connectivity index (χ0n) is 10.3. The molecule has 0 bridgehead atoms. The third-order valence-electron chi connectivity index (χ3n) is 3.97. The number of carbonyl (C=O) groups excluding carboxylic acids is 1. The Morgan fingerprint density at radius 1 is 1.44 bits per heavy atom. The number of rotatable bonds is 2. The molecule has 0 aromatic rings. The van der Waals surface area contributed by atoms with Gasteiger partial charge in [0, 0.05) is 24.7 Å². The lowest BCUT2D eigenvalue weighted by molar-refractivity contribution is -0.136. The van der Waals surface area contributed by atoms with Crippen molar-refractivity contribution in [3.05, 3.63) is 0 Å². The minimum absolute atomic E-state index is 0.0347. The van der Waals surface area contributed by atoms with Gasteiger partial charge >= 0.3 is 0 Å². The van der Waals surface area contributed by atoms with Gasteiger partial charge in [-0.2, -0.15) is 0 Å². The number of piperazine rings is 1. The summed E-state index contributed by atoms with van der Waals surface area (Å²) in [7, 11) is 0. The zero-order valence-corrected chi connectivity index (χ0v) is 10.3. The molecular weight excluding hydrogens is 202 g/mol. The van der Waals surface area contributed by atoms with Gasteiger partial charge in [0.25, 0.3) is 0 Å². The summed E-state index contributed by atoms with van der Waals surface area (Å²) in [6, 6.07) is 0.418. The van der Waals surface area contributed by atoms with E-state index in [1.807, 2.05) is 0 Å². The van der Waals surface area contributed by atoms with Crippen LogP contribution in [0.1, 0.15) is 39.5 Å². The summed E-state index contributed by atoms with van der Waals surface area (Å²) in [5.74, 6) is 0.105. The van der Waals surface area contributed by atoms with Crippen molar-refractivity contribution in [3.63, 3.8) is 0 Å². The lowest BCUT2D eigenvalue weighted by Crippen LogP contribution is -2.69. The number of hydrogen-bond donors (Lipinski definition) is 2. The van der Waals surface area contributed by atoms with Crippen molar-refractivity contribution in [1.82, 2.24) is 10.2 Å². The van der Waals surface area contributed by atoms with Crippen LogP contribution >= 0.6 is 0 Å². The number of nitrogens with one attached hydrogen (secondary N) is 1. The smallest absolute Gasteiger partial charge is 0.238 e. The molecule has 3 N–H and O–H groups in total. The van der Waals surface area contributed by atoms with Gasteiger partial charge < -0.3 is 11.1 Å². The van der Waals surface area contributed by atoms with E-state index in [1.54, 1.807) is 0 Å². The maximum atomic E-state index is 11.8. The number of hydrogen-bond acceptors (Lipinski definition) is 3. The molecule has 1 aliphatic heterocycles. The quantitative estimate of drug-likeness (QED) is 0.718. The Hall–Kier alpha value is -0.610. The van der Waals surface area contributed by atoms with Crippen molar-refractivity contribution in [2.24, 2.45) is 5.73 Å². The van der Waals surface area contributed by atoms with E-state index in [4.69, 9.17) is 5.73 Å². The second-order valence-corrected chi connectivity index (χ2v) is 5.63. The first-order valence-electron chi connectivity index (χ1n) is 6.32. The molecule has 0 aromatic carbocycles. The maximum absolute atomic E-state index is 11.8. The Morgan fingerprint density at radius 2 is 2.06 bits per heavy atom. The van der Waals surface area contributed by atoms with Crippen LogP contribution in [0.25, 0.3) is 0 Å². The second-order valence-electron chi connectivity index (χ2n) is 5.63. The molecule has 1 amide bonds. The van der Waals surface area contributed by atoms with Crippen LogP contribution in [0.2, 0.25) is 0 Å². The Kier molecular flexibility index (Phi) is 3.22. The molecule has 1 heterocycles. The number of carbonyl (C=O) groups is 1. The minimum Gasteiger partial charge on any atom is -0.353 e. The summed E-state index contributed by atoms with van der Waals surface area (Å²) >= 11 is 0. The molecule has 1 unspecified atom stereocenters. The topological polar surface area (TPSA) is 58.4 Å². The fourth-order valence-electron chi connectivity index (χ4n) is 3.21. The van der Waals surface area contributed by atoms with Crippen LogP contribution in [-0.4, -0.2) is 41.5 Å². The summed E-state index contributed by atoms with van der Waals surface area (Å²) in [6.07, 6.45) is 5.01. The number of amides is 1. The van der Waals surface area contributed by atoms with Crippen LogP contribution in [0.4, 0.5) is 0 Å². The van der Waals surface area contributed by atoms with Crippen molar-refractivity contribution in [2.45, 2.75) is 57.2 Å². The van der Waals surface area contributed by atoms with Crippen LogP contribution in [0.3, 0.4) is 0 Å². The van der Waals surface area contributed by atoms with Crippen LogP contribution < -0.4 is 11.1 Å². The number of nitrogens with two attached hydrogens (primary N) is 1. The van der Waals surface area contributed by atoms with Crippen molar-refractivity contribution in [2.75, 3.05) is 13.1 Å². The van der Waals surface area contributed by atoms with E-state index >= 15 is 0 Å². The predicted molar refractivity (Wildman–Crippen MR) is 64.0 cm³/mol. The zero-order chi connectivity index (χ0) is 11.8. The molecule has 2 rings (SSSR count). The number of nitrogens with zero attached hydrogens (tertiary/aromatic N) is 1. The van der Waals surface area contributed by atoms with Gasteiger partial charge in [-0.15, -0.1) is 0 Å².